The monoisotopic (exact) mass is 278 g/mol. The summed E-state index contributed by atoms with van der Waals surface area (Å²) in [5.74, 6) is 2.22. The zero-order valence-corrected chi connectivity index (χ0v) is 12.0. The van der Waals surface area contributed by atoms with Crippen LogP contribution in [0.1, 0.15) is 19.8 Å². The van der Waals surface area contributed by atoms with Gasteiger partial charge in [-0.05, 0) is 49.9 Å². The van der Waals surface area contributed by atoms with E-state index < -0.39 is 0 Å². The number of carbonyl (C=O) groups excluding carboxylic acids is 1. The second-order valence-electron chi connectivity index (χ2n) is 5.05. The molecule has 0 aromatic heterocycles. The summed E-state index contributed by atoms with van der Waals surface area (Å²) in [6.07, 6.45) is 2.45. The van der Waals surface area contributed by atoms with Crippen molar-refractivity contribution in [1.29, 1.82) is 0 Å². The molecule has 1 fully saturated rings. The van der Waals surface area contributed by atoms with E-state index >= 15 is 0 Å². The molecular formula is C15H22N2O3. The maximum atomic E-state index is 11.6. The Morgan fingerprint density at radius 3 is 2.55 bits per heavy atom. The van der Waals surface area contributed by atoms with Crippen LogP contribution in [0.2, 0.25) is 0 Å². The standard InChI is InChI=1S/C15H22N2O3/c1-11(12-3-4-12)17-15(18)16-9-10-20-14-7-5-13(19-2)6-8-14/h5-8,11-12H,3-4,9-10H2,1-2H3,(H2,16,17,18). The molecule has 0 saturated heterocycles. The van der Waals surface area contributed by atoms with Gasteiger partial charge >= 0.3 is 6.03 Å². The van der Waals surface area contributed by atoms with Gasteiger partial charge in [-0.25, -0.2) is 4.79 Å². The lowest BCUT2D eigenvalue weighted by atomic mass is 10.2. The molecule has 1 unspecified atom stereocenters. The molecule has 5 heteroatoms. The lowest BCUT2D eigenvalue weighted by Crippen LogP contribution is -2.43. The lowest BCUT2D eigenvalue weighted by Gasteiger charge is -2.14. The highest BCUT2D eigenvalue weighted by molar-refractivity contribution is 5.74. The van der Waals surface area contributed by atoms with Gasteiger partial charge in [-0.3, -0.25) is 0 Å². The van der Waals surface area contributed by atoms with E-state index in [1.54, 1.807) is 7.11 Å². The Morgan fingerprint density at radius 2 is 1.95 bits per heavy atom. The summed E-state index contributed by atoms with van der Waals surface area (Å²) in [6.45, 7) is 2.97. The Morgan fingerprint density at radius 1 is 1.30 bits per heavy atom. The first-order valence-corrected chi connectivity index (χ1v) is 7.00. The van der Waals surface area contributed by atoms with E-state index in [-0.39, 0.29) is 12.1 Å². The smallest absolute Gasteiger partial charge is 0.315 e. The van der Waals surface area contributed by atoms with Crippen LogP contribution in [-0.4, -0.2) is 32.3 Å². The van der Waals surface area contributed by atoms with E-state index in [1.807, 2.05) is 31.2 Å². The molecule has 20 heavy (non-hydrogen) atoms. The second-order valence-corrected chi connectivity index (χ2v) is 5.05. The normalized spacial score (nSPS) is 15.3. The molecule has 2 N–H and O–H groups in total. The number of hydrogen-bond donors (Lipinski definition) is 2. The first kappa shape index (κ1) is 14.5. The Kier molecular flexibility index (Phi) is 5.09. The fourth-order valence-electron chi connectivity index (χ4n) is 1.98. The van der Waals surface area contributed by atoms with Crippen LogP contribution in [0, 0.1) is 5.92 Å². The van der Waals surface area contributed by atoms with Crippen molar-refractivity contribution in [3.63, 3.8) is 0 Å². The van der Waals surface area contributed by atoms with E-state index in [0.717, 1.165) is 11.5 Å². The average molecular weight is 278 g/mol. The molecule has 110 valence electrons. The molecule has 1 aromatic rings. The van der Waals surface area contributed by atoms with Crippen molar-refractivity contribution in [2.24, 2.45) is 5.92 Å². The number of hydrogen-bond acceptors (Lipinski definition) is 3. The van der Waals surface area contributed by atoms with E-state index in [1.165, 1.54) is 12.8 Å². The van der Waals surface area contributed by atoms with Crippen LogP contribution in [0.15, 0.2) is 24.3 Å². The van der Waals surface area contributed by atoms with E-state index in [4.69, 9.17) is 9.47 Å². The van der Waals surface area contributed by atoms with Crippen molar-refractivity contribution in [1.82, 2.24) is 10.6 Å². The zero-order chi connectivity index (χ0) is 14.4. The summed E-state index contributed by atoms with van der Waals surface area (Å²) in [5.41, 5.74) is 0. The van der Waals surface area contributed by atoms with Crippen LogP contribution in [0.5, 0.6) is 11.5 Å². The Bertz CT molecular complexity index is 429. The quantitative estimate of drug-likeness (QED) is 0.751. The van der Waals surface area contributed by atoms with Gasteiger partial charge in [0.15, 0.2) is 0 Å². The number of methoxy groups -OCH3 is 1. The van der Waals surface area contributed by atoms with Crippen molar-refractivity contribution in [2.45, 2.75) is 25.8 Å². The molecule has 5 nitrogen and oxygen atoms in total. The molecule has 1 aliphatic rings. The van der Waals surface area contributed by atoms with E-state index in [0.29, 0.717) is 19.1 Å². The molecule has 0 spiro atoms. The summed E-state index contributed by atoms with van der Waals surface area (Å²) in [4.78, 5) is 11.6. The highest BCUT2D eigenvalue weighted by atomic mass is 16.5. The topological polar surface area (TPSA) is 59.6 Å². The van der Waals surface area contributed by atoms with Gasteiger partial charge in [0.25, 0.3) is 0 Å². The maximum Gasteiger partial charge on any atom is 0.315 e. The van der Waals surface area contributed by atoms with Crippen molar-refractivity contribution in [3.8, 4) is 11.5 Å². The Balaban J connectivity index is 1.59. The van der Waals surface area contributed by atoms with E-state index in [9.17, 15) is 4.79 Å². The number of urea groups is 1. The largest absolute Gasteiger partial charge is 0.497 e. The van der Waals surface area contributed by atoms with Gasteiger partial charge in [-0.1, -0.05) is 0 Å². The molecule has 1 aromatic carbocycles. The third-order valence-electron chi connectivity index (χ3n) is 3.40. The molecule has 0 bridgehead atoms. The molecule has 2 amide bonds. The van der Waals surface area contributed by atoms with Gasteiger partial charge in [0.1, 0.15) is 18.1 Å². The minimum Gasteiger partial charge on any atom is -0.497 e. The summed E-state index contributed by atoms with van der Waals surface area (Å²) in [7, 11) is 1.63. The third kappa shape index (κ3) is 4.64. The molecule has 1 atom stereocenters. The molecular weight excluding hydrogens is 256 g/mol. The predicted molar refractivity (Wildman–Crippen MR) is 77.2 cm³/mol. The number of carbonyl (C=O) groups is 1. The summed E-state index contributed by atoms with van der Waals surface area (Å²) in [5, 5.41) is 5.72. The highest BCUT2D eigenvalue weighted by Crippen LogP contribution is 2.32. The Hall–Kier alpha value is -1.91. The fourth-order valence-corrected chi connectivity index (χ4v) is 1.98. The number of ether oxygens (including phenoxy) is 2. The van der Waals surface area contributed by atoms with Crippen molar-refractivity contribution >= 4 is 6.03 Å². The first-order valence-electron chi connectivity index (χ1n) is 7.00. The Labute approximate surface area is 119 Å². The zero-order valence-electron chi connectivity index (χ0n) is 12.0. The average Bonchev–Trinajstić information content (AvgIpc) is 3.29. The first-order chi connectivity index (χ1) is 9.69. The summed E-state index contributed by atoms with van der Waals surface area (Å²) >= 11 is 0. The van der Waals surface area contributed by atoms with Gasteiger partial charge in [0.05, 0.1) is 13.7 Å². The van der Waals surface area contributed by atoms with Crippen LogP contribution in [0.4, 0.5) is 4.79 Å². The summed E-state index contributed by atoms with van der Waals surface area (Å²) < 4.78 is 10.6. The van der Waals surface area contributed by atoms with Crippen molar-refractivity contribution in [2.75, 3.05) is 20.3 Å². The number of amides is 2. The third-order valence-corrected chi connectivity index (χ3v) is 3.40. The molecule has 2 rings (SSSR count). The minimum absolute atomic E-state index is 0.122. The lowest BCUT2D eigenvalue weighted by molar-refractivity contribution is 0.232. The van der Waals surface area contributed by atoms with Crippen molar-refractivity contribution < 1.29 is 14.3 Å². The summed E-state index contributed by atoms with van der Waals surface area (Å²) in [6, 6.07) is 7.50. The SMILES string of the molecule is COc1ccc(OCCNC(=O)NC(C)C2CC2)cc1. The van der Waals surface area contributed by atoms with Crippen LogP contribution < -0.4 is 20.1 Å². The molecule has 0 radical (unpaired) electrons. The van der Waals surface area contributed by atoms with Crippen LogP contribution in [0.25, 0.3) is 0 Å². The number of nitrogens with one attached hydrogen (secondary N) is 2. The number of rotatable bonds is 7. The van der Waals surface area contributed by atoms with Crippen LogP contribution in [-0.2, 0) is 0 Å². The van der Waals surface area contributed by atoms with Gasteiger partial charge in [0.2, 0.25) is 0 Å². The molecule has 0 heterocycles. The van der Waals surface area contributed by atoms with Gasteiger partial charge < -0.3 is 20.1 Å². The predicted octanol–water partition coefficient (Wildman–Crippen LogP) is 2.17. The highest BCUT2D eigenvalue weighted by Gasteiger charge is 2.28. The van der Waals surface area contributed by atoms with E-state index in [2.05, 4.69) is 10.6 Å². The second kappa shape index (κ2) is 7.03. The number of benzene rings is 1. The molecule has 0 aliphatic heterocycles. The van der Waals surface area contributed by atoms with Crippen LogP contribution >= 0.6 is 0 Å². The maximum absolute atomic E-state index is 11.6. The fraction of sp³-hybridized carbons (Fsp3) is 0.533. The van der Waals surface area contributed by atoms with Crippen LogP contribution in [0.3, 0.4) is 0 Å². The molecule has 1 saturated carbocycles. The van der Waals surface area contributed by atoms with Crippen molar-refractivity contribution in [3.05, 3.63) is 24.3 Å². The van der Waals surface area contributed by atoms with Gasteiger partial charge in [-0.15, -0.1) is 0 Å². The van der Waals surface area contributed by atoms with Gasteiger partial charge in [-0.2, -0.15) is 0 Å². The minimum atomic E-state index is -0.122. The molecule has 1 aliphatic carbocycles. The van der Waals surface area contributed by atoms with Gasteiger partial charge in [0, 0.05) is 6.04 Å².